The van der Waals surface area contributed by atoms with E-state index in [9.17, 15) is 9.59 Å². The number of ether oxygens (including phenoxy) is 1. The zero-order chi connectivity index (χ0) is 23.7. The van der Waals surface area contributed by atoms with Crippen LogP contribution in [0.5, 0.6) is 0 Å². The molecule has 1 aromatic carbocycles. The average Bonchev–Trinajstić information content (AvgIpc) is 3.61. The second kappa shape index (κ2) is 9.88. The van der Waals surface area contributed by atoms with E-state index in [1.54, 1.807) is 16.2 Å². The predicted octanol–water partition coefficient (Wildman–Crippen LogP) is 5.28. The molecule has 2 aliphatic rings. The van der Waals surface area contributed by atoms with Crippen LogP contribution in [-0.2, 0) is 23.1 Å². The van der Waals surface area contributed by atoms with E-state index in [1.165, 1.54) is 12.8 Å². The largest absolute Gasteiger partial charge is 0.370 e. The van der Waals surface area contributed by atoms with Gasteiger partial charge in [0.05, 0.1) is 23.1 Å². The molecule has 3 aromatic rings. The van der Waals surface area contributed by atoms with Gasteiger partial charge in [-0.3, -0.25) is 9.59 Å². The van der Waals surface area contributed by atoms with Gasteiger partial charge in [-0.2, -0.15) is 0 Å². The number of nitrogens with one attached hydrogen (secondary N) is 1. The van der Waals surface area contributed by atoms with Gasteiger partial charge in [-0.1, -0.05) is 18.9 Å². The number of thiophene rings is 1. The summed E-state index contributed by atoms with van der Waals surface area (Å²) in [7, 11) is 3.76. The van der Waals surface area contributed by atoms with Crippen LogP contribution in [0.15, 0.2) is 29.6 Å². The molecule has 2 aromatic heterocycles. The van der Waals surface area contributed by atoms with E-state index in [2.05, 4.69) is 5.32 Å². The number of aryl methyl sites for hydroxylation is 1. The van der Waals surface area contributed by atoms with Gasteiger partial charge in [-0.15, -0.1) is 11.3 Å². The highest BCUT2D eigenvalue weighted by molar-refractivity contribution is 7.09. The van der Waals surface area contributed by atoms with Crippen LogP contribution >= 0.6 is 11.3 Å². The van der Waals surface area contributed by atoms with Gasteiger partial charge in [-0.05, 0) is 55.2 Å². The standard InChI is InChI=1S/C26H32N4O3S/c1-29(16-19-9-6-12-34-19)26(32)20-14-18(27-23(31)13-17-7-3-4-8-17)15-21-24(20)30(2)25(28-21)22-10-5-11-33-22/h6,9,12,14-15,17,22H,3-5,7-8,10-11,13,16H2,1-2H3,(H,27,31)/t22-/m1/s1. The molecule has 2 fully saturated rings. The van der Waals surface area contributed by atoms with E-state index in [0.717, 1.165) is 48.5 Å². The Balaban J connectivity index is 1.48. The summed E-state index contributed by atoms with van der Waals surface area (Å²) >= 11 is 1.63. The van der Waals surface area contributed by atoms with E-state index < -0.39 is 0 Å². The Morgan fingerprint density at radius 2 is 2.06 bits per heavy atom. The summed E-state index contributed by atoms with van der Waals surface area (Å²) in [4.78, 5) is 34.1. The van der Waals surface area contributed by atoms with Crippen molar-refractivity contribution in [3.8, 4) is 0 Å². The Kier molecular flexibility index (Phi) is 6.70. The van der Waals surface area contributed by atoms with Gasteiger partial charge >= 0.3 is 0 Å². The number of fused-ring (bicyclic) bond motifs is 1. The molecule has 8 heteroatoms. The van der Waals surface area contributed by atoms with Crippen molar-refractivity contribution in [2.75, 3.05) is 19.0 Å². The zero-order valence-corrected chi connectivity index (χ0v) is 20.7. The zero-order valence-electron chi connectivity index (χ0n) is 19.9. The molecule has 1 saturated carbocycles. The summed E-state index contributed by atoms with van der Waals surface area (Å²) in [6, 6.07) is 7.72. The van der Waals surface area contributed by atoms with E-state index in [1.807, 2.05) is 48.3 Å². The van der Waals surface area contributed by atoms with Crippen molar-refractivity contribution >= 4 is 39.9 Å². The minimum Gasteiger partial charge on any atom is -0.370 e. The van der Waals surface area contributed by atoms with Crippen molar-refractivity contribution in [3.63, 3.8) is 0 Å². The van der Waals surface area contributed by atoms with Crippen molar-refractivity contribution in [1.82, 2.24) is 14.5 Å². The first-order valence-electron chi connectivity index (χ1n) is 12.2. The third kappa shape index (κ3) is 4.74. The van der Waals surface area contributed by atoms with Gasteiger partial charge in [0.2, 0.25) is 5.91 Å². The molecule has 1 N–H and O–H groups in total. The fraction of sp³-hybridized carbons (Fsp3) is 0.500. The molecule has 0 spiro atoms. The van der Waals surface area contributed by atoms with Crippen LogP contribution in [0, 0.1) is 5.92 Å². The lowest BCUT2D eigenvalue weighted by Gasteiger charge is -2.18. The number of amides is 2. The Hall–Kier alpha value is -2.71. The van der Waals surface area contributed by atoms with E-state index in [4.69, 9.17) is 9.72 Å². The van der Waals surface area contributed by atoms with Crippen LogP contribution < -0.4 is 5.32 Å². The molecule has 0 radical (unpaired) electrons. The molecule has 34 heavy (non-hydrogen) atoms. The normalized spacial score (nSPS) is 18.6. The predicted molar refractivity (Wildman–Crippen MR) is 134 cm³/mol. The van der Waals surface area contributed by atoms with Crippen LogP contribution in [0.25, 0.3) is 11.0 Å². The average molecular weight is 481 g/mol. The first-order valence-corrected chi connectivity index (χ1v) is 13.1. The van der Waals surface area contributed by atoms with Crippen molar-refractivity contribution in [2.24, 2.45) is 13.0 Å². The molecule has 180 valence electrons. The number of anilines is 1. The van der Waals surface area contributed by atoms with Crippen LogP contribution in [0.3, 0.4) is 0 Å². The van der Waals surface area contributed by atoms with Crippen LogP contribution in [0.1, 0.15) is 72.1 Å². The lowest BCUT2D eigenvalue weighted by Crippen LogP contribution is -2.26. The summed E-state index contributed by atoms with van der Waals surface area (Å²) in [5.41, 5.74) is 2.66. The quantitative estimate of drug-likeness (QED) is 0.499. The van der Waals surface area contributed by atoms with Gasteiger partial charge in [0.25, 0.3) is 5.91 Å². The van der Waals surface area contributed by atoms with Gasteiger partial charge < -0.3 is 19.5 Å². The van der Waals surface area contributed by atoms with Gasteiger partial charge in [0.15, 0.2) is 0 Å². The fourth-order valence-electron chi connectivity index (χ4n) is 5.28. The second-order valence-electron chi connectivity index (χ2n) is 9.57. The highest BCUT2D eigenvalue weighted by atomic mass is 32.1. The fourth-order valence-corrected chi connectivity index (χ4v) is 6.03. The maximum absolute atomic E-state index is 13.6. The summed E-state index contributed by atoms with van der Waals surface area (Å²) in [6.45, 7) is 1.26. The Labute approximate surface area is 204 Å². The van der Waals surface area contributed by atoms with E-state index in [-0.39, 0.29) is 17.9 Å². The highest BCUT2D eigenvalue weighted by Crippen LogP contribution is 2.33. The number of carbonyl (C=O) groups excluding carboxylic acids is 2. The van der Waals surface area contributed by atoms with Crippen molar-refractivity contribution in [2.45, 2.75) is 57.6 Å². The molecule has 2 amide bonds. The first-order chi connectivity index (χ1) is 16.5. The second-order valence-corrected chi connectivity index (χ2v) is 10.6. The summed E-state index contributed by atoms with van der Waals surface area (Å²) in [6.07, 6.45) is 7.05. The monoisotopic (exact) mass is 480 g/mol. The maximum Gasteiger partial charge on any atom is 0.256 e. The lowest BCUT2D eigenvalue weighted by atomic mass is 10.0. The number of imidazole rings is 1. The minimum atomic E-state index is -0.0906. The Morgan fingerprint density at radius 3 is 2.76 bits per heavy atom. The number of aromatic nitrogens is 2. The van der Waals surface area contributed by atoms with Crippen LogP contribution in [0.2, 0.25) is 0 Å². The van der Waals surface area contributed by atoms with Gasteiger partial charge in [-0.25, -0.2) is 4.98 Å². The molecule has 3 heterocycles. The summed E-state index contributed by atoms with van der Waals surface area (Å²) < 4.78 is 7.88. The number of benzene rings is 1. The van der Waals surface area contributed by atoms with E-state index >= 15 is 0 Å². The molecule has 1 aliphatic carbocycles. The number of rotatable bonds is 7. The van der Waals surface area contributed by atoms with E-state index in [0.29, 0.717) is 35.7 Å². The molecular weight excluding hydrogens is 448 g/mol. The first kappa shape index (κ1) is 23.1. The Morgan fingerprint density at radius 1 is 1.24 bits per heavy atom. The molecule has 7 nitrogen and oxygen atoms in total. The molecule has 1 atom stereocenters. The lowest BCUT2D eigenvalue weighted by molar-refractivity contribution is -0.117. The SMILES string of the molecule is CN(Cc1cccs1)C(=O)c1cc(NC(=O)CC2CCCC2)cc2nc([C@H]3CCCO3)n(C)c12. The molecule has 0 unspecified atom stereocenters. The van der Waals surface area contributed by atoms with Crippen molar-refractivity contribution < 1.29 is 14.3 Å². The summed E-state index contributed by atoms with van der Waals surface area (Å²) in [5, 5.41) is 5.07. The smallest absolute Gasteiger partial charge is 0.256 e. The highest BCUT2D eigenvalue weighted by Gasteiger charge is 2.27. The number of hydrogen-bond acceptors (Lipinski definition) is 5. The van der Waals surface area contributed by atoms with Crippen LogP contribution in [0.4, 0.5) is 5.69 Å². The molecular formula is C26H32N4O3S. The molecule has 5 rings (SSSR count). The van der Waals surface area contributed by atoms with Crippen LogP contribution in [-0.4, -0.2) is 39.9 Å². The Bertz CT molecular complexity index is 1170. The number of hydrogen-bond donors (Lipinski definition) is 1. The third-order valence-corrected chi connectivity index (χ3v) is 7.87. The third-order valence-electron chi connectivity index (χ3n) is 7.00. The van der Waals surface area contributed by atoms with Gasteiger partial charge in [0, 0.05) is 37.7 Å². The molecule has 0 bridgehead atoms. The number of nitrogens with zero attached hydrogens (tertiary/aromatic N) is 3. The molecule has 1 aliphatic heterocycles. The topological polar surface area (TPSA) is 76.5 Å². The van der Waals surface area contributed by atoms with Gasteiger partial charge in [0.1, 0.15) is 11.9 Å². The number of carbonyl (C=O) groups is 2. The van der Waals surface area contributed by atoms with Crippen molar-refractivity contribution in [3.05, 3.63) is 45.9 Å². The van der Waals surface area contributed by atoms with Crippen molar-refractivity contribution in [1.29, 1.82) is 0 Å². The minimum absolute atomic E-state index is 0.00636. The molecule has 1 saturated heterocycles. The summed E-state index contributed by atoms with van der Waals surface area (Å²) in [5.74, 6) is 1.21. The maximum atomic E-state index is 13.6.